The molecule has 2 atom stereocenters. The van der Waals surface area contributed by atoms with Crippen molar-refractivity contribution < 1.29 is 29.1 Å². The number of hydrogen-bond acceptors (Lipinski definition) is 6. The van der Waals surface area contributed by atoms with Crippen LogP contribution in [0.15, 0.2) is 23.9 Å². The summed E-state index contributed by atoms with van der Waals surface area (Å²) in [7, 11) is 2.63. The van der Waals surface area contributed by atoms with E-state index in [9.17, 15) is 4.79 Å². The normalized spacial score (nSPS) is 15.3. The zero-order valence-corrected chi connectivity index (χ0v) is 11.0. The lowest BCUT2D eigenvalue weighted by Crippen LogP contribution is -2.22. The fraction of sp³-hybridized carbons (Fsp3) is 0.545. The molecule has 0 amide bonds. The molecule has 0 aromatic carbocycles. The minimum atomic E-state index is -1.55. The Morgan fingerprint density at radius 3 is 2.22 bits per heavy atom. The summed E-state index contributed by atoms with van der Waals surface area (Å²) in [5.41, 5.74) is 0. The summed E-state index contributed by atoms with van der Waals surface area (Å²) in [6, 6.07) is 0. The summed E-state index contributed by atoms with van der Waals surface area (Å²) >= 11 is 0. The third kappa shape index (κ3) is 5.86. The van der Waals surface area contributed by atoms with E-state index in [0.29, 0.717) is 5.76 Å². The Bertz CT molecular complexity index is 313. The minimum absolute atomic E-state index is 0.283. The first-order chi connectivity index (χ1) is 8.46. The van der Waals surface area contributed by atoms with Crippen molar-refractivity contribution in [3.05, 3.63) is 23.9 Å². The van der Waals surface area contributed by atoms with E-state index in [0.717, 1.165) is 0 Å². The van der Waals surface area contributed by atoms with Gasteiger partial charge in [-0.15, -0.1) is 0 Å². The van der Waals surface area contributed by atoms with Gasteiger partial charge in [-0.2, -0.15) is 0 Å². The molecule has 0 bridgehead atoms. The van der Waals surface area contributed by atoms with Crippen LogP contribution in [0.5, 0.6) is 0 Å². The largest absolute Gasteiger partial charge is 0.500 e. The van der Waals surface area contributed by atoms with Crippen LogP contribution in [0, 0.1) is 5.92 Å². The standard InChI is InChI=1S/C11H19BO6/c1-8(9(16-2)5-6-12(14)15)10(17-3)7-11(13)18-4/h5-9,14-15H,1-4H3/b6-5+,10-7-. The highest BCUT2D eigenvalue weighted by atomic mass is 16.5. The molecular formula is C11H19BO6. The maximum absolute atomic E-state index is 11.1. The average Bonchev–Trinajstić information content (AvgIpc) is 2.35. The Balaban J connectivity index is 4.88. The van der Waals surface area contributed by atoms with Gasteiger partial charge in [-0.05, 0) is 0 Å². The molecule has 0 saturated carbocycles. The van der Waals surface area contributed by atoms with E-state index in [1.165, 1.54) is 39.5 Å². The fourth-order valence-corrected chi connectivity index (χ4v) is 1.37. The van der Waals surface area contributed by atoms with E-state index in [2.05, 4.69) is 4.74 Å². The van der Waals surface area contributed by atoms with Crippen LogP contribution in [-0.4, -0.2) is 50.6 Å². The fourth-order valence-electron chi connectivity index (χ4n) is 1.37. The van der Waals surface area contributed by atoms with E-state index in [4.69, 9.17) is 19.5 Å². The summed E-state index contributed by atoms with van der Waals surface area (Å²) in [5, 5.41) is 17.5. The van der Waals surface area contributed by atoms with Crippen LogP contribution in [0.2, 0.25) is 0 Å². The van der Waals surface area contributed by atoms with Crippen molar-refractivity contribution in [2.75, 3.05) is 21.3 Å². The van der Waals surface area contributed by atoms with Gasteiger partial charge in [-0.3, -0.25) is 0 Å². The van der Waals surface area contributed by atoms with E-state index in [1.54, 1.807) is 6.92 Å². The molecule has 2 unspecified atom stereocenters. The highest BCUT2D eigenvalue weighted by molar-refractivity contribution is 6.47. The average molecular weight is 258 g/mol. The molecule has 0 saturated heterocycles. The van der Waals surface area contributed by atoms with Crippen molar-refractivity contribution in [2.24, 2.45) is 5.92 Å². The lowest BCUT2D eigenvalue weighted by atomic mass is 9.89. The van der Waals surface area contributed by atoms with Gasteiger partial charge in [0, 0.05) is 13.0 Å². The highest BCUT2D eigenvalue weighted by Crippen LogP contribution is 2.19. The predicted octanol–water partition coefficient (Wildman–Crippen LogP) is -0.0910. The molecule has 6 nitrogen and oxygen atoms in total. The second-order valence-corrected chi connectivity index (χ2v) is 3.56. The van der Waals surface area contributed by atoms with Gasteiger partial charge in [0.2, 0.25) is 0 Å². The Morgan fingerprint density at radius 2 is 1.83 bits per heavy atom. The van der Waals surface area contributed by atoms with Crippen molar-refractivity contribution in [3.63, 3.8) is 0 Å². The second-order valence-electron chi connectivity index (χ2n) is 3.56. The molecule has 0 rings (SSSR count). The van der Waals surface area contributed by atoms with Crippen molar-refractivity contribution in [3.8, 4) is 0 Å². The maximum atomic E-state index is 11.1. The summed E-state index contributed by atoms with van der Waals surface area (Å²) in [6.45, 7) is 1.78. The van der Waals surface area contributed by atoms with Crippen LogP contribution in [0.25, 0.3) is 0 Å². The van der Waals surface area contributed by atoms with E-state index >= 15 is 0 Å². The van der Waals surface area contributed by atoms with Crippen LogP contribution in [-0.2, 0) is 19.0 Å². The zero-order valence-electron chi connectivity index (χ0n) is 11.0. The Morgan fingerprint density at radius 1 is 1.22 bits per heavy atom. The number of methoxy groups -OCH3 is 3. The highest BCUT2D eigenvalue weighted by Gasteiger charge is 2.21. The smallest absolute Gasteiger partial charge is 0.480 e. The number of carbonyl (C=O) groups is 1. The Labute approximate surface area is 107 Å². The van der Waals surface area contributed by atoms with Crippen LogP contribution < -0.4 is 0 Å². The lowest BCUT2D eigenvalue weighted by molar-refractivity contribution is -0.135. The molecule has 2 N–H and O–H groups in total. The molecular weight excluding hydrogens is 239 g/mol. The lowest BCUT2D eigenvalue weighted by Gasteiger charge is -2.21. The van der Waals surface area contributed by atoms with E-state index in [1.807, 2.05) is 0 Å². The quantitative estimate of drug-likeness (QED) is 0.287. The molecule has 0 radical (unpaired) electrons. The molecule has 0 fully saturated rings. The summed E-state index contributed by atoms with van der Waals surface area (Å²) < 4.78 is 14.8. The van der Waals surface area contributed by atoms with Gasteiger partial charge in [0.05, 0.1) is 26.4 Å². The molecule has 7 heteroatoms. The monoisotopic (exact) mass is 258 g/mol. The SMILES string of the molecule is COC(=O)/C=C(\OC)C(C)C(/C=C/B(O)O)OC. The predicted molar refractivity (Wildman–Crippen MR) is 66.4 cm³/mol. The molecule has 0 heterocycles. The first-order valence-corrected chi connectivity index (χ1v) is 5.37. The van der Waals surface area contributed by atoms with Gasteiger partial charge in [0.25, 0.3) is 0 Å². The maximum Gasteiger partial charge on any atom is 0.480 e. The summed E-state index contributed by atoms with van der Waals surface area (Å²) in [5.74, 6) is 0.746. The molecule has 0 spiro atoms. The number of carbonyl (C=O) groups excluding carboxylic acids is 1. The van der Waals surface area contributed by atoms with Crippen LogP contribution in [0.4, 0.5) is 0 Å². The van der Waals surface area contributed by atoms with Crippen LogP contribution >= 0.6 is 0 Å². The number of esters is 1. The van der Waals surface area contributed by atoms with E-state index in [-0.39, 0.29) is 5.92 Å². The minimum Gasteiger partial charge on any atom is -0.500 e. The molecule has 0 aromatic heterocycles. The first kappa shape index (κ1) is 16.7. The van der Waals surface area contributed by atoms with Crippen molar-refractivity contribution >= 4 is 13.1 Å². The Kier molecular flexibility index (Phi) is 8.10. The van der Waals surface area contributed by atoms with Gasteiger partial charge < -0.3 is 24.3 Å². The summed E-state index contributed by atoms with van der Waals surface area (Å²) in [4.78, 5) is 11.1. The second kappa shape index (κ2) is 8.74. The van der Waals surface area contributed by atoms with Gasteiger partial charge in [0.1, 0.15) is 5.76 Å². The van der Waals surface area contributed by atoms with Gasteiger partial charge in [-0.25, -0.2) is 4.79 Å². The van der Waals surface area contributed by atoms with Gasteiger partial charge in [0.15, 0.2) is 0 Å². The van der Waals surface area contributed by atoms with Gasteiger partial charge in [-0.1, -0.05) is 19.0 Å². The Hall–Kier alpha value is -1.31. The topological polar surface area (TPSA) is 85.2 Å². The molecule has 18 heavy (non-hydrogen) atoms. The van der Waals surface area contributed by atoms with Crippen molar-refractivity contribution in [2.45, 2.75) is 13.0 Å². The number of rotatable bonds is 7. The van der Waals surface area contributed by atoms with Crippen molar-refractivity contribution in [1.82, 2.24) is 0 Å². The first-order valence-electron chi connectivity index (χ1n) is 5.37. The molecule has 0 aliphatic carbocycles. The number of ether oxygens (including phenoxy) is 3. The third-order valence-electron chi connectivity index (χ3n) is 2.38. The van der Waals surface area contributed by atoms with Crippen molar-refractivity contribution in [1.29, 1.82) is 0 Å². The van der Waals surface area contributed by atoms with E-state index < -0.39 is 19.2 Å². The van der Waals surface area contributed by atoms with Gasteiger partial charge >= 0.3 is 13.1 Å². The molecule has 0 aliphatic heterocycles. The molecule has 102 valence electrons. The third-order valence-corrected chi connectivity index (χ3v) is 2.38. The number of hydrogen-bond donors (Lipinski definition) is 2. The molecule has 0 aliphatic rings. The molecule has 0 aromatic rings. The van der Waals surface area contributed by atoms with Crippen LogP contribution in [0.3, 0.4) is 0 Å². The van der Waals surface area contributed by atoms with Crippen LogP contribution in [0.1, 0.15) is 6.92 Å². The zero-order chi connectivity index (χ0) is 14.1. The summed E-state index contributed by atoms with van der Waals surface area (Å²) in [6.07, 6.45) is 2.25.